The van der Waals surface area contributed by atoms with Crippen LogP contribution in [0.15, 0.2) is 24.3 Å². The van der Waals surface area contributed by atoms with Gasteiger partial charge in [-0.3, -0.25) is 0 Å². The maximum atomic E-state index is 5.33. The van der Waals surface area contributed by atoms with E-state index in [1.165, 1.54) is 6.42 Å². The van der Waals surface area contributed by atoms with Gasteiger partial charge in [0.1, 0.15) is 12.2 Å². The van der Waals surface area contributed by atoms with E-state index < -0.39 is 0 Å². The van der Waals surface area contributed by atoms with Gasteiger partial charge in [-0.25, -0.2) is 0 Å². The average Bonchev–Trinajstić information content (AvgIpc) is 2.70. The van der Waals surface area contributed by atoms with Gasteiger partial charge in [0, 0.05) is 0 Å². The molecule has 52 valence electrons. The van der Waals surface area contributed by atoms with Crippen LogP contribution < -0.4 is 0 Å². The number of rotatable bonds is 0. The molecule has 0 unspecified atom stereocenters. The molecule has 1 aliphatic heterocycles. The fourth-order valence-corrected chi connectivity index (χ4v) is 1.63. The molecule has 3 rings (SSSR count). The zero-order valence-electron chi connectivity index (χ0n) is 5.73. The second kappa shape index (κ2) is 1.54. The van der Waals surface area contributed by atoms with Crippen molar-refractivity contribution in [3.8, 4) is 0 Å². The van der Waals surface area contributed by atoms with Crippen molar-refractivity contribution in [2.45, 2.75) is 18.6 Å². The smallest absolute Gasteiger partial charge is 0.106 e. The molecule has 1 heteroatoms. The highest BCUT2D eigenvalue weighted by Crippen LogP contribution is 2.43. The third-order valence-electron chi connectivity index (χ3n) is 2.55. The van der Waals surface area contributed by atoms with Gasteiger partial charge in [0.15, 0.2) is 0 Å². The van der Waals surface area contributed by atoms with Crippen molar-refractivity contribution in [3.05, 3.63) is 24.3 Å². The maximum Gasteiger partial charge on any atom is 0.106 e. The number of allylic oxidation sites excluding steroid dienone is 2. The minimum atomic E-state index is 0.429. The van der Waals surface area contributed by atoms with E-state index in [2.05, 4.69) is 24.3 Å². The summed E-state index contributed by atoms with van der Waals surface area (Å²) < 4.78 is 5.33. The SMILES string of the molecule is C1=C[C@H]2O[C@H]2C=C[C@H]2C[C@@H]12. The summed E-state index contributed by atoms with van der Waals surface area (Å²) in [7, 11) is 0. The lowest BCUT2D eigenvalue weighted by Gasteiger charge is -1.87. The van der Waals surface area contributed by atoms with Crippen molar-refractivity contribution in [2.75, 3.05) is 0 Å². The van der Waals surface area contributed by atoms with Gasteiger partial charge in [0.05, 0.1) is 0 Å². The second-order valence-electron chi connectivity index (χ2n) is 3.40. The number of epoxide rings is 1. The van der Waals surface area contributed by atoms with Crippen LogP contribution >= 0.6 is 0 Å². The average molecular weight is 134 g/mol. The number of hydrogen-bond donors (Lipinski definition) is 0. The summed E-state index contributed by atoms with van der Waals surface area (Å²) in [5.41, 5.74) is 0. The monoisotopic (exact) mass is 134 g/mol. The third kappa shape index (κ3) is 0.671. The molecule has 0 spiro atoms. The molecule has 0 aromatic heterocycles. The molecule has 2 fully saturated rings. The topological polar surface area (TPSA) is 12.5 Å². The molecule has 2 aliphatic carbocycles. The van der Waals surface area contributed by atoms with Crippen LogP contribution in [0, 0.1) is 11.8 Å². The number of ether oxygens (including phenoxy) is 1. The third-order valence-corrected chi connectivity index (χ3v) is 2.55. The standard InChI is InChI=1S/C9H10O/c1-3-8-9(10-8)4-2-7-5-6(1)7/h1-4,6-9H,5H2/t6-,7+,8-,9+. The minimum absolute atomic E-state index is 0.429. The van der Waals surface area contributed by atoms with Crippen LogP contribution in [-0.2, 0) is 4.74 Å². The fourth-order valence-electron chi connectivity index (χ4n) is 1.63. The van der Waals surface area contributed by atoms with Crippen LogP contribution in [-0.4, -0.2) is 12.2 Å². The highest BCUT2D eigenvalue weighted by Gasteiger charge is 2.40. The first-order valence-corrected chi connectivity index (χ1v) is 3.95. The number of hydrogen-bond acceptors (Lipinski definition) is 1. The Labute approximate surface area is 60.4 Å². The molecule has 0 radical (unpaired) electrons. The van der Waals surface area contributed by atoms with E-state index in [1.54, 1.807) is 0 Å². The van der Waals surface area contributed by atoms with Crippen molar-refractivity contribution in [3.63, 3.8) is 0 Å². The summed E-state index contributed by atoms with van der Waals surface area (Å²) in [4.78, 5) is 0. The summed E-state index contributed by atoms with van der Waals surface area (Å²) in [6, 6.07) is 0. The summed E-state index contributed by atoms with van der Waals surface area (Å²) in [6.45, 7) is 0. The Bertz CT molecular complexity index is 173. The van der Waals surface area contributed by atoms with Gasteiger partial charge in [-0.15, -0.1) is 0 Å². The maximum absolute atomic E-state index is 5.33. The van der Waals surface area contributed by atoms with Gasteiger partial charge in [0.2, 0.25) is 0 Å². The molecule has 0 N–H and O–H groups in total. The van der Waals surface area contributed by atoms with Crippen molar-refractivity contribution in [2.24, 2.45) is 11.8 Å². The molecular formula is C9H10O. The van der Waals surface area contributed by atoms with Crippen LogP contribution in [0.1, 0.15) is 6.42 Å². The van der Waals surface area contributed by atoms with Crippen LogP contribution in [0.2, 0.25) is 0 Å². The molecule has 1 heterocycles. The van der Waals surface area contributed by atoms with Crippen LogP contribution in [0.4, 0.5) is 0 Å². The van der Waals surface area contributed by atoms with Gasteiger partial charge in [0.25, 0.3) is 0 Å². The first kappa shape index (κ1) is 5.14. The molecule has 0 aromatic carbocycles. The first-order chi connectivity index (χ1) is 4.93. The van der Waals surface area contributed by atoms with E-state index in [1.807, 2.05) is 0 Å². The van der Waals surface area contributed by atoms with Crippen molar-refractivity contribution < 1.29 is 4.74 Å². The lowest BCUT2D eigenvalue weighted by atomic mass is 10.1. The molecule has 0 bridgehead atoms. The number of fused-ring (bicyclic) bond motifs is 2. The fraction of sp³-hybridized carbons (Fsp3) is 0.556. The molecule has 1 saturated carbocycles. The summed E-state index contributed by atoms with van der Waals surface area (Å²) in [6.07, 6.45) is 11.3. The van der Waals surface area contributed by atoms with E-state index >= 15 is 0 Å². The van der Waals surface area contributed by atoms with Crippen LogP contribution in [0.5, 0.6) is 0 Å². The Kier molecular flexibility index (Phi) is 0.789. The Hall–Kier alpha value is -0.560. The quantitative estimate of drug-likeness (QED) is 0.361. The lowest BCUT2D eigenvalue weighted by molar-refractivity contribution is 0.413. The van der Waals surface area contributed by atoms with E-state index in [-0.39, 0.29) is 0 Å². The van der Waals surface area contributed by atoms with Gasteiger partial charge in [-0.1, -0.05) is 24.3 Å². The Morgan fingerprint density at radius 1 is 0.900 bits per heavy atom. The van der Waals surface area contributed by atoms with Crippen molar-refractivity contribution >= 4 is 0 Å². The van der Waals surface area contributed by atoms with Crippen LogP contribution in [0.3, 0.4) is 0 Å². The van der Waals surface area contributed by atoms with Crippen molar-refractivity contribution in [1.82, 2.24) is 0 Å². The normalized spacial score (nSPS) is 54.4. The molecule has 1 saturated heterocycles. The van der Waals surface area contributed by atoms with Gasteiger partial charge < -0.3 is 4.74 Å². The zero-order valence-corrected chi connectivity index (χ0v) is 5.73. The van der Waals surface area contributed by atoms with Gasteiger partial charge in [-0.05, 0) is 18.3 Å². The molecule has 10 heavy (non-hydrogen) atoms. The van der Waals surface area contributed by atoms with Crippen LogP contribution in [0.25, 0.3) is 0 Å². The summed E-state index contributed by atoms with van der Waals surface area (Å²) >= 11 is 0. The molecule has 3 aliphatic rings. The van der Waals surface area contributed by atoms with Gasteiger partial charge >= 0.3 is 0 Å². The molecule has 1 nitrogen and oxygen atoms in total. The van der Waals surface area contributed by atoms with E-state index in [0.29, 0.717) is 12.2 Å². The molecule has 4 atom stereocenters. The minimum Gasteiger partial charge on any atom is -0.361 e. The Balaban J connectivity index is 1.89. The van der Waals surface area contributed by atoms with E-state index in [0.717, 1.165) is 11.8 Å². The first-order valence-electron chi connectivity index (χ1n) is 3.95. The summed E-state index contributed by atoms with van der Waals surface area (Å²) in [5.74, 6) is 1.70. The van der Waals surface area contributed by atoms with Crippen molar-refractivity contribution in [1.29, 1.82) is 0 Å². The Morgan fingerprint density at radius 2 is 1.50 bits per heavy atom. The molecule has 0 aromatic rings. The predicted octanol–water partition coefficient (Wildman–Crippen LogP) is 1.52. The summed E-state index contributed by atoms with van der Waals surface area (Å²) in [5, 5.41) is 0. The van der Waals surface area contributed by atoms with E-state index in [9.17, 15) is 0 Å². The molecular weight excluding hydrogens is 124 g/mol. The molecule has 0 amide bonds. The Morgan fingerprint density at radius 3 is 2.10 bits per heavy atom. The van der Waals surface area contributed by atoms with Gasteiger partial charge in [-0.2, -0.15) is 0 Å². The highest BCUT2D eigenvalue weighted by atomic mass is 16.6. The largest absolute Gasteiger partial charge is 0.361 e. The zero-order chi connectivity index (χ0) is 6.55. The highest BCUT2D eigenvalue weighted by molar-refractivity contribution is 5.21. The predicted molar refractivity (Wildman–Crippen MR) is 38.5 cm³/mol. The van der Waals surface area contributed by atoms with E-state index in [4.69, 9.17) is 4.74 Å². The second-order valence-corrected chi connectivity index (χ2v) is 3.40. The lowest BCUT2D eigenvalue weighted by Crippen LogP contribution is -1.88.